The SMILES string of the molecule is C[C@](N)(c1ccccc1Cl)P(=O)(O)O. The first-order valence-electron chi connectivity index (χ1n) is 3.86. The van der Waals surface area contributed by atoms with Crippen LogP contribution in [0.15, 0.2) is 24.3 Å². The van der Waals surface area contributed by atoms with Gasteiger partial charge in [-0.15, -0.1) is 0 Å². The van der Waals surface area contributed by atoms with Crippen LogP contribution in [0, 0.1) is 0 Å². The Kier molecular flexibility index (Phi) is 3.04. The van der Waals surface area contributed by atoms with Gasteiger partial charge in [0.2, 0.25) is 0 Å². The van der Waals surface area contributed by atoms with Crippen molar-refractivity contribution in [1.29, 1.82) is 0 Å². The van der Waals surface area contributed by atoms with Gasteiger partial charge in [-0.25, -0.2) is 0 Å². The molecule has 0 unspecified atom stereocenters. The van der Waals surface area contributed by atoms with Gasteiger partial charge in [0.25, 0.3) is 0 Å². The quantitative estimate of drug-likeness (QED) is 0.681. The van der Waals surface area contributed by atoms with E-state index in [1.807, 2.05) is 0 Å². The minimum Gasteiger partial charge on any atom is -0.323 e. The smallest absolute Gasteiger partial charge is 0.323 e. The van der Waals surface area contributed by atoms with Crippen molar-refractivity contribution < 1.29 is 14.4 Å². The highest BCUT2D eigenvalue weighted by atomic mass is 35.5. The Morgan fingerprint density at radius 3 is 2.36 bits per heavy atom. The van der Waals surface area contributed by atoms with Gasteiger partial charge in [-0.3, -0.25) is 4.57 Å². The molecule has 6 heteroatoms. The van der Waals surface area contributed by atoms with Crippen molar-refractivity contribution in [2.45, 2.75) is 12.2 Å². The molecule has 1 rings (SSSR count). The van der Waals surface area contributed by atoms with Crippen LogP contribution in [0.3, 0.4) is 0 Å². The molecular formula is C8H11ClNO3P. The van der Waals surface area contributed by atoms with E-state index in [-0.39, 0.29) is 10.6 Å². The van der Waals surface area contributed by atoms with Crippen LogP contribution in [-0.4, -0.2) is 9.79 Å². The lowest BCUT2D eigenvalue weighted by molar-refractivity contribution is 0.333. The molecule has 14 heavy (non-hydrogen) atoms. The fourth-order valence-electron chi connectivity index (χ4n) is 1.03. The van der Waals surface area contributed by atoms with Crippen molar-refractivity contribution in [3.63, 3.8) is 0 Å². The summed E-state index contributed by atoms with van der Waals surface area (Å²) in [7, 11) is -4.42. The van der Waals surface area contributed by atoms with Crippen LogP contribution in [0.4, 0.5) is 0 Å². The predicted octanol–water partition coefficient (Wildman–Crippen LogP) is 1.65. The molecule has 1 aromatic rings. The van der Waals surface area contributed by atoms with Crippen LogP contribution in [0.2, 0.25) is 5.02 Å². The van der Waals surface area contributed by atoms with Gasteiger partial charge in [-0.05, 0) is 13.0 Å². The monoisotopic (exact) mass is 235 g/mol. The zero-order valence-electron chi connectivity index (χ0n) is 7.51. The zero-order valence-corrected chi connectivity index (χ0v) is 9.16. The maximum absolute atomic E-state index is 11.1. The van der Waals surface area contributed by atoms with Crippen LogP contribution in [0.25, 0.3) is 0 Å². The van der Waals surface area contributed by atoms with E-state index in [1.165, 1.54) is 19.1 Å². The van der Waals surface area contributed by atoms with Gasteiger partial charge in [0.15, 0.2) is 0 Å². The maximum Gasteiger partial charge on any atom is 0.349 e. The van der Waals surface area contributed by atoms with Gasteiger partial charge in [-0.1, -0.05) is 29.8 Å². The Balaban J connectivity index is 3.31. The molecule has 0 heterocycles. The second-order valence-corrected chi connectivity index (χ2v) is 5.60. The largest absolute Gasteiger partial charge is 0.349 e. The molecule has 0 fully saturated rings. The number of rotatable bonds is 2. The standard InChI is InChI=1S/C8H11ClNO3P/c1-8(10,14(11,12)13)6-4-2-3-5-7(6)9/h2-5H,10H2,1H3,(H2,11,12,13)/t8-/m1/s1. The Hall–Kier alpha value is -0.380. The van der Waals surface area contributed by atoms with Crippen LogP contribution >= 0.6 is 19.2 Å². The van der Waals surface area contributed by atoms with E-state index in [1.54, 1.807) is 12.1 Å². The molecule has 1 aromatic carbocycles. The molecule has 0 aliphatic rings. The van der Waals surface area contributed by atoms with E-state index in [4.69, 9.17) is 27.1 Å². The van der Waals surface area contributed by atoms with Crippen molar-refractivity contribution in [2.24, 2.45) is 5.73 Å². The van der Waals surface area contributed by atoms with Gasteiger partial charge in [0.05, 0.1) is 0 Å². The Labute approximate surface area is 86.9 Å². The predicted molar refractivity (Wildman–Crippen MR) is 55.0 cm³/mol. The van der Waals surface area contributed by atoms with E-state index in [9.17, 15) is 4.57 Å². The van der Waals surface area contributed by atoms with Gasteiger partial charge >= 0.3 is 7.60 Å². The maximum atomic E-state index is 11.1. The third-order valence-corrected chi connectivity index (χ3v) is 3.80. The second kappa shape index (κ2) is 3.65. The van der Waals surface area contributed by atoms with Gasteiger partial charge < -0.3 is 15.5 Å². The van der Waals surface area contributed by atoms with E-state index in [0.717, 1.165) is 0 Å². The van der Waals surface area contributed by atoms with Crippen LogP contribution in [0.1, 0.15) is 12.5 Å². The summed E-state index contributed by atoms with van der Waals surface area (Å²) in [6.45, 7) is 1.26. The molecule has 4 N–H and O–H groups in total. The van der Waals surface area contributed by atoms with E-state index >= 15 is 0 Å². The summed E-state index contributed by atoms with van der Waals surface area (Å²) < 4.78 is 11.1. The highest BCUT2D eigenvalue weighted by Crippen LogP contribution is 2.54. The van der Waals surface area contributed by atoms with Gasteiger partial charge in [-0.2, -0.15) is 0 Å². The molecule has 4 nitrogen and oxygen atoms in total. The van der Waals surface area contributed by atoms with Crippen LogP contribution < -0.4 is 5.73 Å². The highest BCUT2D eigenvalue weighted by molar-refractivity contribution is 7.53. The van der Waals surface area contributed by atoms with Crippen LogP contribution in [0.5, 0.6) is 0 Å². The lowest BCUT2D eigenvalue weighted by Gasteiger charge is -2.26. The van der Waals surface area contributed by atoms with E-state index < -0.39 is 12.9 Å². The first-order chi connectivity index (χ1) is 6.27. The fourth-order valence-corrected chi connectivity index (χ4v) is 1.94. The number of hydrogen-bond acceptors (Lipinski definition) is 2. The highest BCUT2D eigenvalue weighted by Gasteiger charge is 2.41. The molecule has 1 atom stereocenters. The minimum atomic E-state index is -4.42. The number of nitrogens with two attached hydrogens (primary N) is 1. The Morgan fingerprint density at radius 2 is 1.93 bits per heavy atom. The van der Waals surface area contributed by atoms with Crippen molar-refractivity contribution >= 4 is 19.2 Å². The molecule has 0 aliphatic heterocycles. The Morgan fingerprint density at radius 1 is 1.43 bits per heavy atom. The second-order valence-electron chi connectivity index (χ2n) is 3.17. The molecule has 0 radical (unpaired) electrons. The normalized spacial score (nSPS) is 16.4. The summed E-state index contributed by atoms with van der Waals surface area (Å²) in [5.41, 5.74) is 5.81. The molecule has 0 bridgehead atoms. The third-order valence-electron chi connectivity index (χ3n) is 2.02. The first kappa shape index (κ1) is 11.7. The topological polar surface area (TPSA) is 83.6 Å². The van der Waals surface area contributed by atoms with Crippen molar-refractivity contribution in [1.82, 2.24) is 0 Å². The Bertz CT molecular complexity index is 388. The molecule has 0 amide bonds. The minimum absolute atomic E-state index is 0.245. The molecule has 0 aliphatic carbocycles. The lowest BCUT2D eigenvalue weighted by Crippen LogP contribution is -2.33. The van der Waals surface area contributed by atoms with Crippen molar-refractivity contribution in [3.8, 4) is 0 Å². The summed E-state index contributed by atoms with van der Waals surface area (Å²) in [5.74, 6) is 0. The van der Waals surface area contributed by atoms with Crippen molar-refractivity contribution in [3.05, 3.63) is 34.9 Å². The average molecular weight is 236 g/mol. The molecule has 0 saturated heterocycles. The lowest BCUT2D eigenvalue weighted by atomic mass is 10.1. The van der Waals surface area contributed by atoms with Gasteiger partial charge in [0.1, 0.15) is 5.28 Å². The van der Waals surface area contributed by atoms with E-state index in [2.05, 4.69) is 0 Å². The summed E-state index contributed by atoms with van der Waals surface area (Å²) in [6, 6.07) is 6.34. The average Bonchev–Trinajstić information content (AvgIpc) is 2.02. The van der Waals surface area contributed by atoms with E-state index in [0.29, 0.717) is 0 Å². The zero-order chi connectivity index (χ0) is 11.0. The van der Waals surface area contributed by atoms with Gasteiger partial charge in [0, 0.05) is 10.6 Å². The number of hydrogen-bond donors (Lipinski definition) is 3. The molecule has 0 aromatic heterocycles. The van der Waals surface area contributed by atoms with Crippen LogP contribution in [-0.2, 0) is 9.85 Å². The fraction of sp³-hybridized carbons (Fsp3) is 0.250. The first-order valence-corrected chi connectivity index (χ1v) is 5.85. The molecule has 78 valence electrons. The summed E-state index contributed by atoms with van der Waals surface area (Å²) in [6.07, 6.45) is 0. The summed E-state index contributed by atoms with van der Waals surface area (Å²) in [4.78, 5) is 18.1. The number of benzene rings is 1. The summed E-state index contributed by atoms with van der Waals surface area (Å²) >= 11 is 5.79. The number of halogens is 1. The summed E-state index contributed by atoms with van der Waals surface area (Å²) in [5, 5.41) is -1.49. The molecule has 0 spiro atoms. The molecule has 0 saturated carbocycles. The third kappa shape index (κ3) is 2.00. The van der Waals surface area contributed by atoms with Crippen molar-refractivity contribution in [2.75, 3.05) is 0 Å². The molecular weight excluding hydrogens is 225 g/mol.